The largest absolute Gasteiger partial charge is 0.383 e. The summed E-state index contributed by atoms with van der Waals surface area (Å²) in [6.07, 6.45) is 5.32. The molecule has 0 aromatic carbocycles. The van der Waals surface area contributed by atoms with Gasteiger partial charge >= 0.3 is 0 Å². The van der Waals surface area contributed by atoms with Crippen molar-refractivity contribution in [1.29, 1.82) is 0 Å². The van der Waals surface area contributed by atoms with Gasteiger partial charge in [-0.25, -0.2) is 0 Å². The number of amides is 1. The molecule has 7 nitrogen and oxygen atoms in total. The Morgan fingerprint density at radius 2 is 2.00 bits per heavy atom. The molecule has 1 aromatic heterocycles. The van der Waals surface area contributed by atoms with Crippen molar-refractivity contribution in [3.05, 3.63) is 12.7 Å². The maximum Gasteiger partial charge on any atom is 0.223 e. The lowest BCUT2D eigenvalue weighted by Crippen LogP contribution is -2.44. The second-order valence-electron chi connectivity index (χ2n) is 5.68. The number of likely N-dealkylation sites (tertiary alicyclic amines) is 1. The van der Waals surface area contributed by atoms with E-state index in [0.29, 0.717) is 6.61 Å². The van der Waals surface area contributed by atoms with Crippen LogP contribution in [0.2, 0.25) is 0 Å². The maximum atomic E-state index is 12.1. The van der Waals surface area contributed by atoms with E-state index in [1.165, 1.54) is 0 Å². The van der Waals surface area contributed by atoms with Gasteiger partial charge in [0.15, 0.2) is 0 Å². The molecular weight excluding hydrogens is 270 g/mol. The smallest absolute Gasteiger partial charge is 0.223 e. The van der Waals surface area contributed by atoms with Crippen molar-refractivity contribution in [2.75, 3.05) is 33.4 Å². The van der Waals surface area contributed by atoms with Crippen LogP contribution < -0.4 is 5.32 Å². The van der Waals surface area contributed by atoms with Gasteiger partial charge in [-0.3, -0.25) is 4.79 Å². The lowest BCUT2D eigenvalue weighted by atomic mass is 9.95. The van der Waals surface area contributed by atoms with Crippen molar-refractivity contribution in [2.24, 2.45) is 5.92 Å². The van der Waals surface area contributed by atoms with Crippen molar-refractivity contribution in [2.45, 2.75) is 32.4 Å². The number of nitrogens with zero attached hydrogens (tertiary/aromatic N) is 4. The van der Waals surface area contributed by atoms with Gasteiger partial charge in [0.1, 0.15) is 12.7 Å². The normalized spacial score (nSPS) is 18.6. The van der Waals surface area contributed by atoms with Gasteiger partial charge in [-0.15, -0.1) is 10.2 Å². The number of ether oxygens (including phenoxy) is 1. The number of hydrogen-bond acceptors (Lipinski definition) is 5. The third-order valence-electron chi connectivity index (χ3n) is 3.90. The second kappa shape index (κ2) is 8.09. The Balaban J connectivity index is 1.66. The summed E-state index contributed by atoms with van der Waals surface area (Å²) in [7, 11) is 1.65. The van der Waals surface area contributed by atoms with Crippen LogP contribution in [-0.4, -0.2) is 65.0 Å². The molecule has 0 aliphatic carbocycles. The standard InChI is InChI=1S/C14H25N5O2/c1-12(9-21-2)17-14(20)13-3-5-18(6-4-13)7-8-19-10-15-16-11-19/h10-13H,3-9H2,1-2H3,(H,17,20)/t12-/m0/s1. The molecule has 2 heterocycles. The summed E-state index contributed by atoms with van der Waals surface area (Å²) in [5.41, 5.74) is 0. The molecule has 0 unspecified atom stereocenters. The summed E-state index contributed by atoms with van der Waals surface area (Å²) in [6, 6.07) is 0.0780. The lowest BCUT2D eigenvalue weighted by Gasteiger charge is -2.31. The highest BCUT2D eigenvalue weighted by Gasteiger charge is 2.25. The van der Waals surface area contributed by atoms with Crippen molar-refractivity contribution in [1.82, 2.24) is 25.0 Å². The molecule has 1 atom stereocenters. The van der Waals surface area contributed by atoms with Gasteiger partial charge in [0.2, 0.25) is 5.91 Å². The Kier molecular flexibility index (Phi) is 6.13. The molecule has 1 amide bonds. The molecule has 118 valence electrons. The van der Waals surface area contributed by atoms with E-state index in [-0.39, 0.29) is 17.9 Å². The van der Waals surface area contributed by atoms with Gasteiger partial charge in [-0.1, -0.05) is 0 Å². The van der Waals surface area contributed by atoms with E-state index in [9.17, 15) is 4.79 Å². The van der Waals surface area contributed by atoms with E-state index in [1.807, 2.05) is 11.5 Å². The summed E-state index contributed by atoms with van der Waals surface area (Å²) in [5.74, 6) is 0.300. The quantitative estimate of drug-likeness (QED) is 0.775. The molecular formula is C14H25N5O2. The fourth-order valence-corrected chi connectivity index (χ4v) is 2.67. The number of piperidine rings is 1. The average molecular weight is 295 g/mol. The summed E-state index contributed by atoms with van der Waals surface area (Å²) in [5, 5.41) is 10.6. The first-order valence-corrected chi connectivity index (χ1v) is 7.53. The molecule has 21 heavy (non-hydrogen) atoms. The van der Waals surface area contributed by atoms with E-state index in [2.05, 4.69) is 20.4 Å². The summed E-state index contributed by atoms with van der Waals surface area (Å²) in [4.78, 5) is 14.5. The zero-order valence-corrected chi connectivity index (χ0v) is 12.9. The highest BCUT2D eigenvalue weighted by Crippen LogP contribution is 2.17. The van der Waals surface area contributed by atoms with E-state index in [1.54, 1.807) is 19.8 Å². The Bertz CT molecular complexity index is 415. The first-order valence-electron chi connectivity index (χ1n) is 7.53. The van der Waals surface area contributed by atoms with Gasteiger partial charge < -0.3 is 19.5 Å². The highest BCUT2D eigenvalue weighted by atomic mass is 16.5. The zero-order valence-electron chi connectivity index (χ0n) is 12.9. The average Bonchev–Trinajstić information content (AvgIpc) is 2.99. The monoisotopic (exact) mass is 295 g/mol. The molecule has 7 heteroatoms. The molecule has 0 radical (unpaired) electrons. The fourth-order valence-electron chi connectivity index (χ4n) is 2.67. The molecule has 2 rings (SSSR count). The topological polar surface area (TPSA) is 72.3 Å². The van der Waals surface area contributed by atoms with Crippen LogP contribution in [0.1, 0.15) is 19.8 Å². The molecule has 1 fully saturated rings. The molecule has 1 aromatic rings. The first-order chi connectivity index (χ1) is 10.2. The minimum atomic E-state index is 0.0780. The van der Waals surface area contributed by atoms with Gasteiger partial charge in [0.05, 0.1) is 6.61 Å². The molecule has 1 N–H and O–H groups in total. The van der Waals surface area contributed by atoms with Crippen LogP contribution in [0.3, 0.4) is 0 Å². The third kappa shape index (κ3) is 5.09. The van der Waals surface area contributed by atoms with E-state index < -0.39 is 0 Å². The van der Waals surface area contributed by atoms with E-state index in [0.717, 1.165) is 39.0 Å². The van der Waals surface area contributed by atoms with Crippen LogP contribution in [0.5, 0.6) is 0 Å². The Labute approximate surface area is 125 Å². The number of carbonyl (C=O) groups excluding carboxylic acids is 1. The summed E-state index contributed by atoms with van der Waals surface area (Å²) in [6.45, 7) is 6.35. The molecule has 1 aliphatic rings. The van der Waals surface area contributed by atoms with Crippen molar-refractivity contribution < 1.29 is 9.53 Å². The number of rotatable bonds is 7. The minimum Gasteiger partial charge on any atom is -0.383 e. The van der Waals surface area contributed by atoms with E-state index >= 15 is 0 Å². The van der Waals surface area contributed by atoms with Crippen LogP contribution >= 0.6 is 0 Å². The van der Waals surface area contributed by atoms with Crippen LogP contribution in [0.4, 0.5) is 0 Å². The summed E-state index contributed by atoms with van der Waals surface area (Å²) < 4.78 is 7.02. The zero-order chi connectivity index (χ0) is 15.1. The number of carbonyl (C=O) groups is 1. The Hall–Kier alpha value is -1.47. The minimum absolute atomic E-state index is 0.0780. The number of methoxy groups -OCH3 is 1. The number of aromatic nitrogens is 3. The van der Waals surface area contributed by atoms with Gasteiger partial charge in [-0.05, 0) is 32.9 Å². The predicted molar refractivity (Wildman–Crippen MR) is 78.7 cm³/mol. The van der Waals surface area contributed by atoms with Crippen molar-refractivity contribution in [3.8, 4) is 0 Å². The molecule has 0 bridgehead atoms. The summed E-state index contributed by atoms with van der Waals surface area (Å²) >= 11 is 0. The fraction of sp³-hybridized carbons (Fsp3) is 0.786. The second-order valence-corrected chi connectivity index (χ2v) is 5.68. The lowest BCUT2D eigenvalue weighted by molar-refractivity contribution is -0.127. The molecule has 0 saturated carbocycles. The van der Waals surface area contributed by atoms with Crippen LogP contribution in [0, 0.1) is 5.92 Å². The highest BCUT2D eigenvalue weighted by molar-refractivity contribution is 5.79. The Morgan fingerprint density at radius 3 is 2.62 bits per heavy atom. The van der Waals surface area contributed by atoms with Crippen LogP contribution in [-0.2, 0) is 16.1 Å². The molecule has 1 saturated heterocycles. The molecule has 0 spiro atoms. The predicted octanol–water partition coefficient (Wildman–Crippen LogP) is 0.141. The van der Waals surface area contributed by atoms with Gasteiger partial charge in [0.25, 0.3) is 0 Å². The SMILES string of the molecule is COC[C@H](C)NC(=O)C1CCN(CCn2cnnc2)CC1. The Morgan fingerprint density at radius 1 is 1.33 bits per heavy atom. The van der Waals surface area contributed by atoms with Crippen molar-refractivity contribution >= 4 is 5.91 Å². The van der Waals surface area contributed by atoms with Gasteiger partial charge in [-0.2, -0.15) is 0 Å². The van der Waals surface area contributed by atoms with Crippen molar-refractivity contribution in [3.63, 3.8) is 0 Å². The maximum absolute atomic E-state index is 12.1. The van der Waals surface area contributed by atoms with Gasteiger partial charge in [0, 0.05) is 32.2 Å². The third-order valence-corrected chi connectivity index (χ3v) is 3.90. The molecule has 1 aliphatic heterocycles. The van der Waals surface area contributed by atoms with E-state index in [4.69, 9.17) is 4.74 Å². The number of hydrogen-bond donors (Lipinski definition) is 1. The van der Waals surface area contributed by atoms with Crippen LogP contribution in [0.15, 0.2) is 12.7 Å². The first kappa shape index (κ1) is 15.9. The number of nitrogens with one attached hydrogen (secondary N) is 1. The van der Waals surface area contributed by atoms with Crippen LogP contribution in [0.25, 0.3) is 0 Å².